The Hall–Kier alpha value is -4.41. The fourth-order valence-electron chi connectivity index (χ4n) is 4.18. The van der Waals surface area contributed by atoms with Crippen LogP contribution in [-0.4, -0.2) is 76.5 Å². The first-order chi connectivity index (χ1) is 18.0. The molecule has 0 unspecified atom stereocenters. The van der Waals surface area contributed by atoms with Gasteiger partial charge >= 0.3 is 0 Å². The van der Waals surface area contributed by atoms with E-state index in [1.54, 1.807) is 26.5 Å². The minimum absolute atomic E-state index is 0.0957. The number of aromatic nitrogens is 5. The Kier molecular flexibility index (Phi) is 6.76. The molecular weight excluding hydrogens is 474 g/mol. The lowest BCUT2D eigenvalue weighted by Gasteiger charge is -2.35. The van der Waals surface area contributed by atoms with E-state index < -0.39 is 0 Å². The molecule has 192 valence electrons. The minimum Gasteiger partial charge on any atom is -0.497 e. The molecule has 0 atom stereocenters. The fourth-order valence-corrected chi connectivity index (χ4v) is 4.18. The lowest BCUT2D eigenvalue weighted by Crippen LogP contribution is -2.49. The predicted molar refractivity (Wildman–Crippen MR) is 137 cm³/mol. The molecule has 11 nitrogen and oxygen atoms in total. The first kappa shape index (κ1) is 24.3. The highest BCUT2D eigenvalue weighted by Crippen LogP contribution is 2.32. The van der Waals surface area contributed by atoms with E-state index >= 15 is 0 Å². The quantitative estimate of drug-likeness (QED) is 0.403. The van der Waals surface area contributed by atoms with E-state index in [0.717, 1.165) is 16.9 Å². The molecule has 1 aromatic carbocycles. The van der Waals surface area contributed by atoms with Crippen LogP contribution in [0.15, 0.2) is 47.1 Å². The van der Waals surface area contributed by atoms with Crippen LogP contribution in [0.3, 0.4) is 0 Å². The van der Waals surface area contributed by atoms with E-state index in [0.29, 0.717) is 60.8 Å². The van der Waals surface area contributed by atoms with Gasteiger partial charge in [-0.25, -0.2) is 4.98 Å². The average molecular weight is 504 g/mol. The van der Waals surface area contributed by atoms with Crippen LogP contribution < -0.4 is 14.4 Å². The Morgan fingerprint density at radius 3 is 2.51 bits per heavy atom. The van der Waals surface area contributed by atoms with E-state index in [4.69, 9.17) is 14.0 Å². The van der Waals surface area contributed by atoms with E-state index in [1.165, 1.54) is 0 Å². The van der Waals surface area contributed by atoms with Gasteiger partial charge in [-0.15, -0.1) is 0 Å². The molecule has 4 heterocycles. The summed E-state index contributed by atoms with van der Waals surface area (Å²) in [6, 6.07) is 11.1. The maximum absolute atomic E-state index is 13.2. The van der Waals surface area contributed by atoms with Gasteiger partial charge in [0, 0.05) is 49.4 Å². The number of carbonyl (C=O) groups excluding carboxylic acids is 1. The molecule has 1 fully saturated rings. The third kappa shape index (κ3) is 4.97. The third-order valence-corrected chi connectivity index (χ3v) is 6.32. The predicted octanol–water partition coefficient (Wildman–Crippen LogP) is 3.62. The van der Waals surface area contributed by atoms with Crippen LogP contribution >= 0.6 is 0 Å². The highest BCUT2D eigenvalue weighted by molar-refractivity contribution is 5.93. The Morgan fingerprint density at radius 1 is 1.05 bits per heavy atom. The summed E-state index contributed by atoms with van der Waals surface area (Å²) in [7, 11) is 3.20. The zero-order valence-electron chi connectivity index (χ0n) is 21.3. The Morgan fingerprint density at radius 2 is 1.86 bits per heavy atom. The standard InChI is InChI=1S/C26H29N7O4/c1-16(2)25-28-24(31-37-25)17-5-8-23(27-15-17)32-9-11-33(12-10-32)26(34)21-14-20(29-30-21)19-13-18(35-3)6-7-22(19)36-4/h5-8,13-16H,9-12H2,1-4H3,(H,29,30). The van der Waals surface area contributed by atoms with Gasteiger partial charge in [0.25, 0.3) is 5.91 Å². The van der Waals surface area contributed by atoms with Gasteiger partial charge in [0.1, 0.15) is 23.0 Å². The van der Waals surface area contributed by atoms with Crippen molar-refractivity contribution in [2.24, 2.45) is 0 Å². The summed E-state index contributed by atoms with van der Waals surface area (Å²) in [5.74, 6) is 3.39. The van der Waals surface area contributed by atoms with Gasteiger partial charge in [-0.3, -0.25) is 9.89 Å². The first-order valence-electron chi connectivity index (χ1n) is 12.1. The zero-order chi connectivity index (χ0) is 25.9. The maximum atomic E-state index is 13.2. The van der Waals surface area contributed by atoms with Gasteiger partial charge in [0.2, 0.25) is 11.7 Å². The van der Waals surface area contributed by atoms with Crippen LogP contribution in [-0.2, 0) is 0 Å². The number of methoxy groups -OCH3 is 2. The number of pyridine rings is 1. The normalized spacial score (nSPS) is 13.8. The second kappa shape index (κ2) is 10.3. The van der Waals surface area contributed by atoms with E-state index in [2.05, 4.69) is 30.2 Å². The van der Waals surface area contributed by atoms with Gasteiger partial charge in [0.05, 0.1) is 19.9 Å². The second-order valence-corrected chi connectivity index (χ2v) is 9.03. The number of nitrogens with zero attached hydrogens (tertiary/aromatic N) is 6. The lowest BCUT2D eigenvalue weighted by molar-refractivity contribution is 0.0740. The molecule has 37 heavy (non-hydrogen) atoms. The Labute approximate surface area is 214 Å². The van der Waals surface area contributed by atoms with Crippen molar-refractivity contribution in [3.63, 3.8) is 0 Å². The number of carbonyl (C=O) groups is 1. The smallest absolute Gasteiger partial charge is 0.272 e. The molecule has 4 aromatic rings. The molecule has 1 aliphatic heterocycles. The molecule has 1 amide bonds. The molecule has 1 N–H and O–H groups in total. The summed E-state index contributed by atoms with van der Waals surface area (Å²) in [5.41, 5.74) is 2.59. The molecule has 1 saturated heterocycles. The summed E-state index contributed by atoms with van der Waals surface area (Å²) in [5, 5.41) is 11.3. The summed E-state index contributed by atoms with van der Waals surface area (Å²) in [6.45, 7) is 6.49. The third-order valence-electron chi connectivity index (χ3n) is 6.32. The van der Waals surface area contributed by atoms with Crippen LogP contribution in [0.5, 0.6) is 11.5 Å². The minimum atomic E-state index is -0.0957. The van der Waals surface area contributed by atoms with E-state index in [1.807, 2.05) is 49.1 Å². The number of H-pyrrole nitrogens is 1. The topological polar surface area (TPSA) is 123 Å². The van der Waals surface area contributed by atoms with Crippen LogP contribution in [0.4, 0.5) is 5.82 Å². The SMILES string of the molecule is COc1ccc(OC)c(-c2cc(C(=O)N3CCN(c4ccc(-c5noc(C(C)C)n5)cn4)CC3)[nH]n2)c1. The molecule has 0 bridgehead atoms. The van der Waals surface area contributed by atoms with Gasteiger partial charge in [-0.2, -0.15) is 10.1 Å². The number of ether oxygens (including phenoxy) is 2. The number of amides is 1. The molecule has 5 rings (SSSR count). The number of aromatic amines is 1. The molecular formula is C26H29N7O4. The summed E-state index contributed by atoms with van der Waals surface area (Å²) >= 11 is 0. The largest absolute Gasteiger partial charge is 0.497 e. The van der Waals surface area contributed by atoms with Crippen molar-refractivity contribution < 1.29 is 18.8 Å². The molecule has 1 aliphatic rings. The van der Waals surface area contributed by atoms with Crippen molar-refractivity contribution in [2.45, 2.75) is 19.8 Å². The number of hydrogen-bond donors (Lipinski definition) is 1. The van der Waals surface area contributed by atoms with Crippen molar-refractivity contribution in [1.29, 1.82) is 0 Å². The molecule has 0 radical (unpaired) electrons. The average Bonchev–Trinajstić information content (AvgIpc) is 3.63. The van der Waals surface area contributed by atoms with Gasteiger partial charge in [0.15, 0.2) is 0 Å². The highest BCUT2D eigenvalue weighted by Gasteiger charge is 2.25. The number of rotatable bonds is 7. The number of nitrogens with one attached hydrogen (secondary N) is 1. The van der Waals surface area contributed by atoms with Crippen molar-refractivity contribution in [3.05, 3.63) is 54.2 Å². The van der Waals surface area contributed by atoms with Crippen molar-refractivity contribution in [3.8, 4) is 34.1 Å². The maximum Gasteiger partial charge on any atom is 0.272 e. The van der Waals surface area contributed by atoms with Crippen LogP contribution in [0.25, 0.3) is 22.6 Å². The van der Waals surface area contributed by atoms with Crippen LogP contribution in [0.1, 0.15) is 36.1 Å². The number of piperazine rings is 1. The molecule has 0 spiro atoms. The van der Waals surface area contributed by atoms with Gasteiger partial charge in [-0.1, -0.05) is 19.0 Å². The molecule has 11 heteroatoms. The van der Waals surface area contributed by atoms with Crippen LogP contribution in [0.2, 0.25) is 0 Å². The van der Waals surface area contributed by atoms with Gasteiger partial charge in [-0.05, 0) is 36.4 Å². The van der Waals surface area contributed by atoms with Gasteiger partial charge < -0.3 is 23.8 Å². The number of benzene rings is 1. The van der Waals surface area contributed by atoms with Crippen molar-refractivity contribution >= 4 is 11.7 Å². The highest BCUT2D eigenvalue weighted by atomic mass is 16.5. The fraction of sp³-hybridized carbons (Fsp3) is 0.346. The summed E-state index contributed by atoms with van der Waals surface area (Å²) in [4.78, 5) is 26.1. The summed E-state index contributed by atoms with van der Waals surface area (Å²) < 4.78 is 16.1. The summed E-state index contributed by atoms with van der Waals surface area (Å²) in [6.07, 6.45) is 1.75. The first-order valence-corrected chi connectivity index (χ1v) is 12.1. The Bertz CT molecular complexity index is 1370. The monoisotopic (exact) mass is 503 g/mol. The van der Waals surface area contributed by atoms with E-state index in [9.17, 15) is 4.79 Å². The molecule has 0 aliphatic carbocycles. The molecule has 3 aromatic heterocycles. The van der Waals surface area contributed by atoms with Crippen LogP contribution in [0, 0.1) is 0 Å². The van der Waals surface area contributed by atoms with Crippen molar-refractivity contribution in [1.82, 2.24) is 30.2 Å². The number of hydrogen-bond acceptors (Lipinski definition) is 9. The lowest BCUT2D eigenvalue weighted by atomic mass is 10.1. The molecule has 0 saturated carbocycles. The second-order valence-electron chi connectivity index (χ2n) is 9.03. The number of anilines is 1. The zero-order valence-corrected chi connectivity index (χ0v) is 21.3. The van der Waals surface area contributed by atoms with E-state index in [-0.39, 0.29) is 11.8 Å². The Balaban J connectivity index is 1.22. The van der Waals surface area contributed by atoms with Crippen molar-refractivity contribution in [2.75, 3.05) is 45.3 Å².